The van der Waals surface area contributed by atoms with Crippen molar-refractivity contribution in [3.8, 4) is 0 Å². The van der Waals surface area contributed by atoms with Crippen molar-refractivity contribution < 1.29 is 9.59 Å². The lowest BCUT2D eigenvalue weighted by atomic mass is 9.86. The molecule has 0 saturated carbocycles. The normalized spacial score (nSPS) is 17.0. The largest absolute Gasteiger partial charge is 0.357 e. The van der Waals surface area contributed by atoms with Gasteiger partial charge in [0.05, 0.1) is 5.69 Å². The number of likely N-dealkylation sites (N-methyl/N-ethyl adjacent to an activating group) is 1. The molecule has 0 aromatic carbocycles. The summed E-state index contributed by atoms with van der Waals surface area (Å²) in [5, 5.41) is 5.58. The number of hydrogen-bond acceptors (Lipinski definition) is 4. The van der Waals surface area contributed by atoms with Crippen LogP contribution in [0.25, 0.3) is 6.08 Å². The molecule has 0 aliphatic carbocycles. The molecule has 2 rings (SSSR count). The highest BCUT2D eigenvalue weighted by molar-refractivity contribution is 5.97. The summed E-state index contributed by atoms with van der Waals surface area (Å²) in [6.45, 7) is 14.6. The zero-order valence-corrected chi connectivity index (χ0v) is 19.2. The average Bonchev–Trinajstić information content (AvgIpc) is 2.81. The van der Waals surface area contributed by atoms with Gasteiger partial charge in [-0.2, -0.15) is 0 Å². The van der Waals surface area contributed by atoms with E-state index in [0.29, 0.717) is 12.2 Å². The number of nitrogens with one attached hydrogen (secondary N) is 2. The van der Waals surface area contributed by atoms with E-state index in [-0.39, 0.29) is 17.2 Å². The number of allylic oxidation sites excluding steroid dienone is 1. The van der Waals surface area contributed by atoms with Crippen LogP contribution in [-0.2, 0) is 17.9 Å². The maximum atomic E-state index is 13.2. The van der Waals surface area contributed by atoms with Crippen molar-refractivity contribution >= 4 is 17.9 Å². The molecule has 2 amide bonds. The molecule has 2 heterocycles. The summed E-state index contributed by atoms with van der Waals surface area (Å²) >= 11 is 0. The fourth-order valence-electron chi connectivity index (χ4n) is 3.40. The molecule has 0 unspecified atom stereocenters. The van der Waals surface area contributed by atoms with Gasteiger partial charge in [0.1, 0.15) is 11.9 Å². The van der Waals surface area contributed by atoms with Gasteiger partial charge in [-0.15, -0.1) is 0 Å². The average molecular weight is 404 g/mol. The van der Waals surface area contributed by atoms with E-state index in [2.05, 4.69) is 54.0 Å². The molecule has 0 saturated heterocycles. The number of imidazole rings is 1. The first kappa shape index (κ1) is 23.1. The Kier molecular flexibility index (Phi) is 6.93. The first-order valence-corrected chi connectivity index (χ1v) is 10.3. The maximum Gasteiger partial charge on any atom is 0.272 e. The molecule has 2 N–H and O–H groups in total. The monoisotopic (exact) mass is 403 g/mol. The number of hydrogen-bond donors (Lipinski definition) is 2. The number of amides is 2. The topological polar surface area (TPSA) is 79.3 Å². The van der Waals surface area contributed by atoms with Crippen LogP contribution in [-0.4, -0.2) is 52.9 Å². The predicted molar refractivity (Wildman–Crippen MR) is 116 cm³/mol. The van der Waals surface area contributed by atoms with Crippen LogP contribution in [0.3, 0.4) is 0 Å². The van der Waals surface area contributed by atoms with E-state index in [9.17, 15) is 9.59 Å². The van der Waals surface area contributed by atoms with Gasteiger partial charge in [-0.3, -0.25) is 9.59 Å². The minimum atomic E-state index is -0.644. The summed E-state index contributed by atoms with van der Waals surface area (Å²) in [5.74, 6) is 0.284. The Hall–Kier alpha value is -2.15. The molecular weight excluding hydrogens is 366 g/mol. The van der Waals surface area contributed by atoms with E-state index in [1.165, 1.54) is 0 Å². The van der Waals surface area contributed by atoms with Crippen molar-refractivity contribution in [2.24, 2.45) is 10.8 Å². The molecule has 29 heavy (non-hydrogen) atoms. The van der Waals surface area contributed by atoms with E-state index >= 15 is 0 Å². The first-order chi connectivity index (χ1) is 13.3. The minimum absolute atomic E-state index is 0.0207. The second-order valence-corrected chi connectivity index (χ2v) is 10.1. The van der Waals surface area contributed by atoms with Crippen molar-refractivity contribution in [3.63, 3.8) is 0 Å². The maximum absolute atomic E-state index is 13.2. The van der Waals surface area contributed by atoms with Crippen LogP contribution in [0.4, 0.5) is 0 Å². The fourth-order valence-corrected chi connectivity index (χ4v) is 3.40. The molecule has 0 fully saturated rings. The third-order valence-corrected chi connectivity index (χ3v) is 5.04. The Bertz CT molecular complexity index is 780. The molecule has 162 valence electrons. The van der Waals surface area contributed by atoms with Crippen LogP contribution in [0.5, 0.6) is 0 Å². The van der Waals surface area contributed by atoms with E-state index in [0.717, 1.165) is 31.0 Å². The van der Waals surface area contributed by atoms with Crippen LogP contribution in [0.1, 0.15) is 70.0 Å². The first-order valence-electron chi connectivity index (χ1n) is 10.3. The molecule has 0 bridgehead atoms. The van der Waals surface area contributed by atoms with E-state index in [1.807, 2.05) is 26.8 Å². The zero-order chi connectivity index (χ0) is 22.0. The van der Waals surface area contributed by atoms with Gasteiger partial charge in [-0.1, -0.05) is 47.6 Å². The summed E-state index contributed by atoms with van der Waals surface area (Å²) in [6.07, 6.45) is 5.12. The lowest BCUT2D eigenvalue weighted by molar-refractivity contribution is -0.124. The Labute approximate surface area is 174 Å². The van der Waals surface area contributed by atoms with Crippen LogP contribution < -0.4 is 10.6 Å². The minimum Gasteiger partial charge on any atom is -0.357 e. The van der Waals surface area contributed by atoms with E-state index in [1.54, 1.807) is 7.05 Å². The van der Waals surface area contributed by atoms with Gasteiger partial charge < -0.3 is 20.1 Å². The standard InChI is InChI=1S/C22H37N5O2/c1-21(2,3)11-10-16-24-17(15-14-26(8)12-9-13-27(15)16)19(28)25-18(20(29)23-7)22(4,5)6/h10-11,18H,9,12-14H2,1-8H3,(H,23,29)(H,25,28)/t18-/m1/s1. The van der Waals surface area contributed by atoms with E-state index < -0.39 is 11.5 Å². The Morgan fingerprint density at radius 1 is 1.14 bits per heavy atom. The van der Waals surface area contributed by atoms with Crippen molar-refractivity contribution in [3.05, 3.63) is 23.3 Å². The molecular formula is C22H37N5O2. The van der Waals surface area contributed by atoms with Crippen LogP contribution in [0.2, 0.25) is 0 Å². The van der Waals surface area contributed by atoms with Gasteiger partial charge in [0.2, 0.25) is 5.91 Å². The second-order valence-electron chi connectivity index (χ2n) is 10.1. The third kappa shape index (κ3) is 5.92. The smallest absolute Gasteiger partial charge is 0.272 e. The quantitative estimate of drug-likeness (QED) is 0.810. The Balaban J connectivity index is 2.45. The molecule has 1 aliphatic rings. The van der Waals surface area contributed by atoms with Crippen molar-refractivity contribution in [1.29, 1.82) is 0 Å². The lowest BCUT2D eigenvalue weighted by Gasteiger charge is -2.29. The second kappa shape index (κ2) is 8.69. The lowest BCUT2D eigenvalue weighted by Crippen LogP contribution is -2.53. The number of rotatable bonds is 4. The van der Waals surface area contributed by atoms with Crippen LogP contribution in [0, 0.1) is 10.8 Å². The SMILES string of the molecule is CNC(=O)[C@@H](NC(=O)c1nc(C=CC(C)(C)C)n2c1CN(C)CCC2)C(C)(C)C. The van der Waals surface area contributed by atoms with Crippen molar-refractivity contribution in [1.82, 2.24) is 25.1 Å². The summed E-state index contributed by atoms with van der Waals surface area (Å²) in [5.41, 5.74) is 0.913. The summed E-state index contributed by atoms with van der Waals surface area (Å²) < 4.78 is 2.15. The zero-order valence-electron chi connectivity index (χ0n) is 19.2. The number of nitrogens with zero attached hydrogens (tertiary/aromatic N) is 3. The number of aromatic nitrogens is 2. The molecule has 0 radical (unpaired) electrons. The molecule has 0 spiro atoms. The van der Waals surface area contributed by atoms with Crippen LogP contribution >= 0.6 is 0 Å². The van der Waals surface area contributed by atoms with Gasteiger partial charge in [-0.05, 0) is 36.9 Å². The number of carbonyl (C=O) groups is 2. The highest BCUT2D eigenvalue weighted by atomic mass is 16.2. The van der Waals surface area contributed by atoms with Gasteiger partial charge in [-0.25, -0.2) is 4.98 Å². The Morgan fingerprint density at radius 2 is 1.79 bits per heavy atom. The van der Waals surface area contributed by atoms with Gasteiger partial charge in [0.25, 0.3) is 5.91 Å². The van der Waals surface area contributed by atoms with Crippen molar-refractivity contribution in [2.75, 3.05) is 20.6 Å². The molecule has 1 atom stereocenters. The van der Waals surface area contributed by atoms with Gasteiger partial charge in [0, 0.05) is 20.1 Å². The van der Waals surface area contributed by atoms with Gasteiger partial charge >= 0.3 is 0 Å². The predicted octanol–water partition coefficient (Wildman–Crippen LogP) is 2.67. The van der Waals surface area contributed by atoms with Crippen molar-refractivity contribution in [2.45, 2.75) is 67.1 Å². The molecule has 7 nitrogen and oxygen atoms in total. The fraction of sp³-hybridized carbons (Fsp3) is 0.682. The number of fused-ring (bicyclic) bond motifs is 1. The highest BCUT2D eigenvalue weighted by Crippen LogP contribution is 2.24. The summed E-state index contributed by atoms with van der Waals surface area (Å²) in [4.78, 5) is 32.5. The molecule has 1 aromatic heterocycles. The number of carbonyl (C=O) groups excluding carboxylic acids is 2. The molecule has 1 aromatic rings. The van der Waals surface area contributed by atoms with Crippen LogP contribution in [0.15, 0.2) is 6.08 Å². The van der Waals surface area contributed by atoms with E-state index in [4.69, 9.17) is 4.98 Å². The van der Waals surface area contributed by atoms with Gasteiger partial charge in [0.15, 0.2) is 5.69 Å². The third-order valence-electron chi connectivity index (χ3n) is 5.04. The Morgan fingerprint density at radius 3 is 2.34 bits per heavy atom. The summed E-state index contributed by atoms with van der Waals surface area (Å²) in [6, 6.07) is -0.644. The highest BCUT2D eigenvalue weighted by Gasteiger charge is 2.34. The summed E-state index contributed by atoms with van der Waals surface area (Å²) in [7, 11) is 3.64. The molecule has 1 aliphatic heterocycles. The molecule has 7 heteroatoms.